The van der Waals surface area contributed by atoms with Crippen molar-refractivity contribution >= 4 is 29.2 Å². The summed E-state index contributed by atoms with van der Waals surface area (Å²) in [5.41, 5.74) is 0.378. The van der Waals surface area contributed by atoms with E-state index in [1.54, 1.807) is 25.2 Å². The van der Waals surface area contributed by atoms with Gasteiger partial charge in [-0.3, -0.25) is 5.21 Å². The summed E-state index contributed by atoms with van der Waals surface area (Å²) in [7, 11) is 1.61. The maximum absolute atomic E-state index is 15.0. The summed E-state index contributed by atoms with van der Waals surface area (Å²) in [6, 6.07) is 6.40. The predicted molar refractivity (Wildman–Crippen MR) is 127 cm³/mol. The van der Waals surface area contributed by atoms with E-state index in [1.165, 1.54) is 23.9 Å². The van der Waals surface area contributed by atoms with Crippen LogP contribution >= 0.6 is 23.2 Å². The Labute approximate surface area is 210 Å². The second-order valence-corrected chi connectivity index (χ2v) is 9.71. The highest BCUT2D eigenvalue weighted by atomic mass is 35.5. The molecule has 0 unspecified atom stereocenters. The molecule has 1 fully saturated rings. The molecule has 186 valence electrons. The number of aromatic nitrogens is 4. The molecule has 2 aromatic carbocycles. The Kier molecular flexibility index (Phi) is 7.25. The van der Waals surface area contributed by atoms with Crippen LogP contribution in [0.1, 0.15) is 38.2 Å². The second-order valence-electron chi connectivity index (χ2n) is 8.87. The highest BCUT2D eigenvalue weighted by molar-refractivity contribution is 6.37. The number of tetrazole rings is 1. The van der Waals surface area contributed by atoms with Crippen molar-refractivity contribution in [2.45, 2.75) is 50.9 Å². The van der Waals surface area contributed by atoms with Gasteiger partial charge in [-0.05, 0) is 67.1 Å². The number of halogens is 4. The van der Waals surface area contributed by atoms with E-state index in [4.69, 9.17) is 23.2 Å². The van der Waals surface area contributed by atoms with Gasteiger partial charge in [-0.2, -0.15) is 4.80 Å². The summed E-state index contributed by atoms with van der Waals surface area (Å²) in [5.74, 6) is -0.313. The number of carbonyl (C=O) groups is 1. The lowest BCUT2D eigenvalue weighted by Gasteiger charge is -2.34. The van der Waals surface area contributed by atoms with E-state index < -0.39 is 23.6 Å². The summed E-state index contributed by atoms with van der Waals surface area (Å²) in [6.07, 6.45) is 1.23. The van der Waals surface area contributed by atoms with Gasteiger partial charge in [0.1, 0.15) is 11.5 Å². The zero-order chi connectivity index (χ0) is 25.3. The molecule has 12 heteroatoms. The standard InChI is InChI=1S/C23H24Cl2F2N6O2/c1-23(27)7-5-16(6-8-23)33(35)22(34)28-12-14-4-3-13(9-19(14)26)17-10-15(24)11-18(25)20(17)21-29-31-32(2)30-21/h3-4,9-11,16,35H,5-8,12H2,1-2H3,(H,28,34). The number of hydroxylamine groups is 2. The molecule has 0 radical (unpaired) electrons. The van der Waals surface area contributed by atoms with Crippen molar-refractivity contribution in [3.05, 3.63) is 51.8 Å². The van der Waals surface area contributed by atoms with Crippen molar-refractivity contribution in [1.82, 2.24) is 30.6 Å². The number of amides is 2. The molecule has 0 saturated heterocycles. The SMILES string of the molecule is Cn1nnc(-c2c(Cl)cc(Cl)cc2-c2ccc(CNC(=O)N(O)C3CCC(C)(F)CC3)c(F)c2)n1. The lowest BCUT2D eigenvalue weighted by atomic mass is 9.85. The third-order valence-electron chi connectivity index (χ3n) is 6.13. The van der Waals surface area contributed by atoms with Crippen molar-refractivity contribution in [2.24, 2.45) is 7.05 Å². The van der Waals surface area contributed by atoms with Gasteiger partial charge >= 0.3 is 6.03 Å². The first-order valence-corrected chi connectivity index (χ1v) is 11.8. The van der Waals surface area contributed by atoms with Crippen LogP contribution in [-0.4, -0.2) is 48.2 Å². The maximum Gasteiger partial charge on any atom is 0.341 e. The van der Waals surface area contributed by atoms with Crippen LogP contribution in [0.4, 0.5) is 13.6 Å². The molecule has 1 heterocycles. The first-order chi connectivity index (χ1) is 16.5. The number of alkyl halides is 1. The zero-order valence-electron chi connectivity index (χ0n) is 19.1. The van der Waals surface area contributed by atoms with Crippen molar-refractivity contribution < 1.29 is 18.8 Å². The Morgan fingerprint density at radius 1 is 1.29 bits per heavy atom. The minimum atomic E-state index is -1.28. The largest absolute Gasteiger partial charge is 0.341 e. The Hall–Kier alpha value is -2.82. The first-order valence-electron chi connectivity index (χ1n) is 11.0. The number of urea groups is 1. The van der Waals surface area contributed by atoms with Crippen LogP contribution in [0.15, 0.2) is 30.3 Å². The van der Waals surface area contributed by atoms with Crippen LogP contribution in [0, 0.1) is 5.82 Å². The molecule has 2 amide bonds. The summed E-state index contributed by atoms with van der Waals surface area (Å²) >= 11 is 12.6. The van der Waals surface area contributed by atoms with Gasteiger partial charge in [0, 0.05) is 22.7 Å². The van der Waals surface area contributed by atoms with Crippen LogP contribution in [-0.2, 0) is 13.6 Å². The van der Waals surface area contributed by atoms with E-state index in [2.05, 4.69) is 20.7 Å². The molecule has 2 N–H and O–H groups in total. The van der Waals surface area contributed by atoms with Gasteiger partial charge in [0.15, 0.2) is 0 Å². The average Bonchev–Trinajstić information content (AvgIpc) is 3.22. The van der Waals surface area contributed by atoms with Gasteiger partial charge < -0.3 is 5.32 Å². The van der Waals surface area contributed by atoms with Gasteiger partial charge in [-0.1, -0.05) is 35.3 Å². The maximum atomic E-state index is 15.0. The molecule has 1 aliphatic rings. The minimum absolute atomic E-state index is 0.148. The van der Waals surface area contributed by atoms with E-state index in [1.807, 2.05) is 0 Å². The number of nitrogens with one attached hydrogen (secondary N) is 1. The van der Waals surface area contributed by atoms with Crippen LogP contribution < -0.4 is 5.32 Å². The Bertz CT molecular complexity index is 1240. The third kappa shape index (κ3) is 5.71. The van der Waals surface area contributed by atoms with Gasteiger partial charge in [0.25, 0.3) is 0 Å². The molecular weight excluding hydrogens is 501 g/mol. The smallest absolute Gasteiger partial charge is 0.332 e. The monoisotopic (exact) mass is 524 g/mol. The number of rotatable bonds is 5. The van der Waals surface area contributed by atoms with Crippen molar-refractivity contribution in [2.75, 3.05) is 0 Å². The molecule has 0 bridgehead atoms. The predicted octanol–water partition coefficient (Wildman–Crippen LogP) is 5.56. The first kappa shape index (κ1) is 25.3. The summed E-state index contributed by atoms with van der Waals surface area (Å²) in [6.45, 7) is 1.37. The number of aryl methyl sites for hydroxylation is 1. The highest BCUT2D eigenvalue weighted by Gasteiger charge is 2.34. The van der Waals surface area contributed by atoms with Crippen LogP contribution in [0.25, 0.3) is 22.5 Å². The van der Waals surface area contributed by atoms with Gasteiger partial charge in [0.2, 0.25) is 5.82 Å². The Morgan fingerprint density at radius 3 is 2.63 bits per heavy atom. The van der Waals surface area contributed by atoms with Crippen molar-refractivity contribution in [1.29, 1.82) is 0 Å². The van der Waals surface area contributed by atoms with Gasteiger partial charge in [0.05, 0.1) is 18.1 Å². The number of carbonyl (C=O) groups excluding carboxylic acids is 1. The van der Waals surface area contributed by atoms with Crippen LogP contribution in [0.3, 0.4) is 0 Å². The molecule has 4 rings (SSSR count). The number of hydrogen-bond acceptors (Lipinski definition) is 5. The lowest BCUT2D eigenvalue weighted by molar-refractivity contribution is -0.0972. The molecule has 3 aromatic rings. The number of benzene rings is 2. The van der Waals surface area contributed by atoms with E-state index in [0.717, 1.165) is 0 Å². The second kappa shape index (κ2) is 10.0. The fourth-order valence-electron chi connectivity index (χ4n) is 4.14. The van der Waals surface area contributed by atoms with E-state index in [-0.39, 0.29) is 35.8 Å². The fourth-order valence-corrected chi connectivity index (χ4v) is 4.72. The van der Waals surface area contributed by atoms with E-state index in [0.29, 0.717) is 39.6 Å². The van der Waals surface area contributed by atoms with Crippen LogP contribution in [0.5, 0.6) is 0 Å². The fraction of sp³-hybridized carbons (Fsp3) is 0.391. The van der Waals surface area contributed by atoms with E-state index in [9.17, 15) is 18.8 Å². The van der Waals surface area contributed by atoms with Gasteiger partial charge in [-0.15, -0.1) is 10.2 Å². The van der Waals surface area contributed by atoms with Crippen molar-refractivity contribution in [3.63, 3.8) is 0 Å². The molecular formula is C23H24Cl2F2N6O2. The molecule has 8 nitrogen and oxygen atoms in total. The van der Waals surface area contributed by atoms with E-state index >= 15 is 0 Å². The minimum Gasteiger partial charge on any atom is -0.332 e. The Morgan fingerprint density at radius 2 is 2.00 bits per heavy atom. The summed E-state index contributed by atoms with van der Waals surface area (Å²) in [5, 5.41) is 25.9. The molecule has 0 aliphatic heterocycles. The lowest BCUT2D eigenvalue weighted by Crippen LogP contribution is -2.46. The van der Waals surface area contributed by atoms with Gasteiger partial charge in [-0.25, -0.2) is 18.6 Å². The average molecular weight is 525 g/mol. The summed E-state index contributed by atoms with van der Waals surface area (Å²) < 4.78 is 29.0. The molecule has 0 spiro atoms. The summed E-state index contributed by atoms with van der Waals surface area (Å²) in [4.78, 5) is 13.6. The molecule has 1 aromatic heterocycles. The van der Waals surface area contributed by atoms with Crippen molar-refractivity contribution in [3.8, 4) is 22.5 Å². The highest BCUT2D eigenvalue weighted by Crippen LogP contribution is 2.39. The molecule has 35 heavy (non-hydrogen) atoms. The molecule has 1 saturated carbocycles. The molecule has 0 atom stereocenters. The normalized spacial score (nSPS) is 20.0. The number of hydrogen-bond donors (Lipinski definition) is 2. The Balaban J connectivity index is 1.50. The topological polar surface area (TPSA) is 96.2 Å². The quantitative estimate of drug-likeness (QED) is 0.336. The molecule has 1 aliphatic carbocycles. The number of nitrogens with zero attached hydrogens (tertiary/aromatic N) is 5. The zero-order valence-corrected chi connectivity index (χ0v) is 20.6. The third-order valence-corrected chi connectivity index (χ3v) is 6.65. The van der Waals surface area contributed by atoms with Crippen LogP contribution in [0.2, 0.25) is 10.0 Å².